The number of para-hydroxylation sites is 1. The first kappa shape index (κ1) is 17.1. The molecule has 26 heavy (non-hydrogen) atoms. The van der Waals surface area contributed by atoms with Crippen LogP contribution in [-0.2, 0) is 11.2 Å². The van der Waals surface area contributed by atoms with Crippen LogP contribution >= 0.6 is 0 Å². The van der Waals surface area contributed by atoms with Crippen molar-refractivity contribution in [3.8, 4) is 5.75 Å². The Labute approximate surface area is 154 Å². The Bertz CT molecular complexity index is 732. The number of fused-ring (bicyclic) bond motifs is 2. The fourth-order valence-electron chi connectivity index (χ4n) is 4.54. The molecule has 6 nitrogen and oxygen atoms in total. The van der Waals surface area contributed by atoms with Crippen molar-refractivity contribution in [3.63, 3.8) is 0 Å². The van der Waals surface area contributed by atoms with Gasteiger partial charge in [-0.1, -0.05) is 18.2 Å². The number of ether oxygens (including phenoxy) is 1. The molecule has 2 atom stereocenters. The van der Waals surface area contributed by atoms with Crippen molar-refractivity contribution in [2.24, 2.45) is 0 Å². The standard InChI is InChI=1S/C20H26N4O2/c1-2-26-19-6-4-3-5-15(19)7-10-20(25)23-16-8-9-17(23)14-18(13-16)24-21-11-12-22-24/h3-6,11-12,16-18H,2,7-10,13-14H2,1H3. The van der Waals surface area contributed by atoms with Gasteiger partial charge < -0.3 is 9.64 Å². The zero-order chi connectivity index (χ0) is 17.9. The molecular weight excluding hydrogens is 328 g/mol. The number of aromatic nitrogens is 3. The first-order valence-electron chi connectivity index (χ1n) is 9.64. The van der Waals surface area contributed by atoms with Crippen LogP contribution in [0.1, 0.15) is 50.6 Å². The van der Waals surface area contributed by atoms with Crippen molar-refractivity contribution >= 4 is 5.91 Å². The molecular formula is C20H26N4O2. The molecule has 6 heteroatoms. The van der Waals surface area contributed by atoms with Gasteiger partial charge in [-0.25, -0.2) is 0 Å². The van der Waals surface area contributed by atoms with Gasteiger partial charge >= 0.3 is 0 Å². The number of amides is 1. The average Bonchev–Trinajstić information content (AvgIpc) is 3.28. The zero-order valence-electron chi connectivity index (χ0n) is 15.3. The van der Waals surface area contributed by atoms with Gasteiger partial charge in [0.2, 0.25) is 5.91 Å². The predicted molar refractivity (Wildman–Crippen MR) is 97.9 cm³/mol. The highest BCUT2D eigenvalue weighted by Gasteiger charge is 2.43. The first-order chi connectivity index (χ1) is 12.8. The minimum atomic E-state index is 0.274. The van der Waals surface area contributed by atoms with Gasteiger partial charge in [0.15, 0.2) is 0 Å². The largest absolute Gasteiger partial charge is 0.494 e. The van der Waals surface area contributed by atoms with Crippen LogP contribution in [-0.4, -0.2) is 44.5 Å². The van der Waals surface area contributed by atoms with Gasteiger partial charge in [0.1, 0.15) is 5.75 Å². The molecule has 2 aromatic rings. The lowest BCUT2D eigenvalue weighted by atomic mass is 9.96. The van der Waals surface area contributed by atoms with Gasteiger partial charge in [-0.3, -0.25) is 4.79 Å². The van der Waals surface area contributed by atoms with Crippen molar-refractivity contribution in [2.45, 2.75) is 63.6 Å². The molecule has 0 radical (unpaired) electrons. The fourth-order valence-corrected chi connectivity index (χ4v) is 4.54. The number of nitrogens with zero attached hydrogens (tertiary/aromatic N) is 4. The average molecular weight is 354 g/mol. The summed E-state index contributed by atoms with van der Waals surface area (Å²) in [5.74, 6) is 1.17. The molecule has 1 amide bonds. The van der Waals surface area contributed by atoms with Gasteiger partial charge in [0, 0.05) is 18.5 Å². The van der Waals surface area contributed by atoms with E-state index in [1.165, 1.54) is 0 Å². The Hall–Kier alpha value is -2.37. The summed E-state index contributed by atoms with van der Waals surface area (Å²) in [7, 11) is 0. The van der Waals surface area contributed by atoms with Crippen molar-refractivity contribution in [1.29, 1.82) is 0 Å². The van der Waals surface area contributed by atoms with Crippen LogP contribution in [0.2, 0.25) is 0 Å². The number of carbonyl (C=O) groups is 1. The van der Waals surface area contributed by atoms with Gasteiger partial charge in [-0.15, -0.1) is 0 Å². The monoisotopic (exact) mass is 354 g/mol. The smallest absolute Gasteiger partial charge is 0.223 e. The lowest BCUT2D eigenvalue weighted by Gasteiger charge is -2.38. The van der Waals surface area contributed by atoms with Gasteiger partial charge in [-0.2, -0.15) is 15.0 Å². The van der Waals surface area contributed by atoms with Crippen LogP contribution in [0.3, 0.4) is 0 Å². The second kappa shape index (κ2) is 7.48. The molecule has 138 valence electrons. The maximum absolute atomic E-state index is 12.9. The Morgan fingerprint density at radius 1 is 1.12 bits per heavy atom. The molecule has 3 heterocycles. The van der Waals surface area contributed by atoms with Crippen LogP contribution in [0.5, 0.6) is 5.75 Å². The SMILES string of the molecule is CCOc1ccccc1CCC(=O)N1C2CCC1CC(n1nccn1)C2. The Morgan fingerprint density at radius 2 is 1.81 bits per heavy atom. The quantitative estimate of drug-likeness (QED) is 0.800. The van der Waals surface area contributed by atoms with Crippen molar-refractivity contribution in [2.75, 3.05) is 6.61 Å². The molecule has 4 rings (SSSR count). The minimum absolute atomic E-state index is 0.274. The minimum Gasteiger partial charge on any atom is -0.494 e. The van der Waals surface area contributed by atoms with Crippen molar-refractivity contribution < 1.29 is 9.53 Å². The Kier molecular flexibility index (Phi) is 4.91. The van der Waals surface area contributed by atoms with E-state index in [0.29, 0.717) is 31.2 Å². The summed E-state index contributed by atoms with van der Waals surface area (Å²) in [4.78, 5) is 16.9. The van der Waals surface area contributed by atoms with E-state index in [4.69, 9.17) is 4.74 Å². The van der Waals surface area contributed by atoms with Crippen molar-refractivity contribution in [3.05, 3.63) is 42.2 Å². The van der Waals surface area contributed by atoms with Crippen molar-refractivity contribution in [1.82, 2.24) is 19.9 Å². The molecule has 2 bridgehead atoms. The van der Waals surface area contributed by atoms with Crippen LogP contribution < -0.4 is 4.74 Å². The summed E-state index contributed by atoms with van der Waals surface area (Å²) < 4.78 is 5.68. The molecule has 0 spiro atoms. The molecule has 2 saturated heterocycles. The Morgan fingerprint density at radius 3 is 2.50 bits per heavy atom. The summed E-state index contributed by atoms with van der Waals surface area (Å²) in [6.45, 7) is 2.63. The van der Waals surface area contributed by atoms with E-state index < -0.39 is 0 Å². The second-order valence-corrected chi connectivity index (χ2v) is 7.20. The predicted octanol–water partition coefficient (Wildman–Crippen LogP) is 3.00. The zero-order valence-corrected chi connectivity index (χ0v) is 15.3. The van der Waals surface area contributed by atoms with Crippen LogP contribution in [0, 0.1) is 0 Å². The number of hydrogen-bond acceptors (Lipinski definition) is 4. The lowest BCUT2D eigenvalue weighted by Crippen LogP contribution is -2.47. The molecule has 0 aliphatic carbocycles. The molecule has 0 N–H and O–H groups in total. The van der Waals surface area contributed by atoms with E-state index >= 15 is 0 Å². The summed E-state index contributed by atoms with van der Waals surface area (Å²) in [5, 5.41) is 8.60. The van der Waals surface area contributed by atoms with Crippen LogP contribution in [0.15, 0.2) is 36.7 Å². The van der Waals surface area contributed by atoms with E-state index in [1.54, 1.807) is 12.4 Å². The number of aryl methyl sites for hydroxylation is 1. The summed E-state index contributed by atoms with van der Waals surface area (Å²) in [5.41, 5.74) is 1.12. The van der Waals surface area contributed by atoms with Gasteiger partial charge in [0.05, 0.1) is 25.0 Å². The third-order valence-corrected chi connectivity index (χ3v) is 5.64. The van der Waals surface area contributed by atoms with E-state index in [1.807, 2.05) is 29.9 Å². The maximum Gasteiger partial charge on any atom is 0.223 e. The fraction of sp³-hybridized carbons (Fsp3) is 0.550. The number of carbonyl (C=O) groups excluding carboxylic acids is 1. The first-order valence-corrected chi connectivity index (χ1v) is 9.64. The maximum atomic E-state index is 12.9. The highest BCUT2D eigenvalue weighted by Crippen LogP contribution is 2.40. The molecule has 2 fully saturated rings. The highest BCUT2D eigenvalue weighted by molar-refractivity contribution is 5.77. The molecule has 1 aromatic heterocycles. The van der Waals surface area contributed by atoms with E-state index in [2.05, 4.69) is 21.2 Å². The summed E-state index contributed by atoms with van der Waals surface area (Å²) >= 11 is 0. The third kappa shape index (κ3) is 3.32. The lowest BCUT2D eigenvalue weighted by molar-refractivity contribution is -0.136. The molecule has 1 aromatic carbocycles. The van der Waals surface area contributed by atoms with Gasteiger partial charge in [0.25, 0.3) is 0 Å². The molecule has 0 saturated carbocycles. The molecule has 2 unspecified atom stereocenters. The van der Waals surface area contributed by atoms with Crippen LogP contribution in [0.25, 0.3) is 0 Å². The Balaban J connectivity index is 1.39. The van der Waals surface area contributed by atoms with Crippen LogP contribution in [0.4, 0.5) is 0 Å². The molecule has 2 aliphatic rings. The third-order valence-electron chi connectivity index (χ3n) is 5.64. The summed E-state index contributed by atoms with van der Waals surface area (Å²) in [6.07, 6.45) is 8.87. The van der Waals surface area contributed by atoms with Gasteiger partial charge in [-0.05, 0) is 50.7 Å². The van der Waals surface area contributed by atoms with E-state index in [9.17, 15) is 4.79 Å². The normalized spacial score (nSPS) is 24.7. The number of benzene rings is 1. The molecule has 2 aliphatic heterocycles. The number of piperidine rings is 1. The topological polar surface area (TPSA) is 60.2 Å². The number of hydrogen-bond donors (Lipinski definition) is 0. The number of rotatable bonds is 6. The second-order valence-electron chi connectivity index (χ2n) is 7.20. The van der Waals surface area contributed by atoms with E-state index in [0.717, 1.165) is 43.4 Å². The van der Waals surface area contributed by atoms with E-state index in [-0.39, 0.29) is 5.91 Å². The summed E-state index contributed by atoms with van der Waals surface area (Å²) in [6, 6.07) is 9.01. The highest BCUT2D eigenvalue weighted by atomic mass is 16.5.